The van der Waals surface area contributed by atoms with Crippen LogP contribution < -0.4 is 10.2 Å². The number of carbonyl (C=O) groups is 2. The van der Waals surface area contributed by atoms with E-state index in [9.17, 15) is 9.59 Å². The number of benzene rings is 1. The predicted molar refractivity (Wildman–Crippen MR) is 87.4 cm³/mol. The van der Waals surface area contributed by atoms with Crippen LogP contribution in [0.25, 0.3) is 0 Å². The van der Waals surface area contributed by atoms with E-state index in [1.165, 1.54) is 4.90 Å². The van der Waals surface area contributed by atoms with E-state index in [-0.39, 0.29) is 18.4 Å². The molecule has 0 unspecified atom stereocenters. The molecule has 1 aliphatic rings. The molecule has 1 aromatic heterocycles. The fourth-order valence-electron chi connectivity index (χ4n) is 2.63. The van der Waals surface area contributed by atoms with Crippen LogP contribution in [-0.4, -0.2) is 34.7 Å². The summed E-state index contributed by atoms with van der Waals surface area (Å²) >= 11 is 5.94. The molecule has 1 aliphatic heterocycles. The molecule has 0 bridgehead atoms. The van der Waals surface area contributed by atoms with Gasteiger partial charge in [0.15, 0.2) is 0 Å². The molecule has 23 heavy (non-hydrogen) atoms. The highest BCUT2D eigenvalue weighted by molar-refractivity contribution is 6.31. The zero-order valence-corrected chi connectivity index (χ0v) is 13.3. The van der Waals surface area contributed by atoms with Crippen molar-refractivity contribution < 1.29 is 9.59 Å². The van der Waals surface area contributed by atoms with Crippen LogP contribution in [0.5, 0.6) is 0 Å². The van der Waals surface area contributed by atoms with Gasteiger partial charge in [0.25, 0.3) is 0 Å². The summed E-state index contributed by atoms with van der Waals surface area (Å²) < 4.78 is 1.82. The molecule has 0 saturated carbocycles. The zero-order valence-electron chi connectivity index (χ0n) is 12.5. The first kappa shape index (κ1) is 15.6. The second-order valence-corrected chi connectivity index (χ2v) is 5.84. The van der Waals surface area contributed by atoms with Crippen LogP contribution in [0.15, 0.2) is 36.7 Å². The molecule has 1 N–H and O–H groups in total. The van der Waals surface area contributed by atoms with Crippen molar-refractivity contribution in [3.05, 3.63) is 47.2 Å². The van der Waals surface area contributed by atoms with Gasteiger partial charge in [-0.3, -0.25) is 14.3 Å². The summed E-state index contributed by atoms with van der Waals surface area (Å²) in [6.45, 7) is 1.33. The van der Waals surface area contributed by atoms with E-state index in [1.807, 2.05) is 16.9 Å². The number of hydrogen-bond acceptors (Lipinski definition) is 3. The highest BCUT2D eigenvalue weighted by Gasteiger charge is 2.28. The number of nitrogens with zero attached hydrogens (tertiary/aromatic N) is 3. The zero-order chi connectivity index (χ0) is 16.2. The third-order valence-corrected chi connectivity index (χ3v) is 3.96. The number of hydrogen-bond donors (Lipinski definition) is 1. The average Bonchev–Trinajstić information content (AvgIpc) is 3.12. The molecule has 6 nitrogen and oxygen atoms in total. The first-order chi connectivity index (χ1) is 11.1. The summed E-state index contributed by atoms with van der Waals surface area (Å²) in [6, 6.07) is 7.15. The molecule has 0 aliphatic carbocycles. The predicted octanol–water partition coefficient (Wildman–Crippen LogP) is 1.63. The fraction of sp³-hybridized carbons (Fsp3) is 0.312. The van der Waals surface area contributed by atoms with E-state index >= 15 is 0 Å². The van der Waals surface area contributed by atoms with Crippen LogP contribution in [0.2, 0.25) is 5.02 Å². The van der Waals surface area contributed by atoms with E-state index in [4.69, 9.17) is 11.6 Å². The van der Waals surface area contributed by atoms with Gasteiger partial charge in [0.05, 0.1) is 6.42 Å². The highest BCUT2D eigenvalue weighted by atomic mass is 35.5. The van der Waals surface area contributed by atoms with Gasteiger partial charge in [-0.1, -0.05) is 11.6 Å². The third-order valence-electron chi connectivity index (χ3n) is 3.72. The van der Waals surface area contributed by atoms with Crippen LogP contribution in [0.3, 0.4) is 0 Å². The molecule has 120 valence electrons. The van der Waals surface area contributed by atoms with Crippen LogP contribution in [0, 0.1) is 0 Å². The molecule has 0 saturated heterocycles. The van der Waals surface area contributed by atoms with Crippen LogP contribution in [0.4, 0.5) is 5.69 Å². The Morgan fingerprint density at radius 2 is 2.26 bits per heavy atom. The highest BCUT2D eigenvalue weighted by Crippen LogP contribution is 2.30. The van der Waals surface area contributed by atoms with Crippen molar-refractivity contribution in [3.8, 4) is 0 Å². The molecule has 0 radical (unpaired) electrons. The van der Waals surface area contributed by atoms with Gasteiger partial charge in [-0.2, -0.15) is 5.10 Å². The molecule has 0 fully saturated rings. The first-order valence-corrected chi connectivity index (χ1v) is 7.84. The second kappa shape index (κ2) is 6.83. The number of anilines is 1. The number of halogens is 1. The number of fused-ring (bicyclic) bond motifs is 1. The van der Waals surface area contributed by atoms with Gasteiger partial charge >= 0.3 is 0 Å². The molecule has 0 atom stereocenters. The first-order valence-electron chi connectivity index (χ1n) is 7.46. The minimum Gasteiger partial charge on any atom is -0.354 e. The van der Waals surface area contributed by atoms with Gasteiger partial charge in [-0.05, 0) is 36.2 Å². The molecular weight excluding hydrogens is 316 g/mol. The lowest BCUT2D eigenvalue weighted by atomic mass is 10.2. The lowest BCUT2D eigenvalue weighted by Gasteiger charge is -2.17. The second-order valence-electron chi connectivity index (χ2n) is 5.40. The standard InChI is InChI=1S/C16H17ClN4O2/c17-13-3-4-14-12(9-13)10-16(23)21(14)11-15(22)18-5-1-7-20-8-2-6-19-20/h2-4,6,8-9H,1,5,7,10-11H2,(H,18,22). The van der Waals surface area contributed by atoms with Crippen molar-refractivity contribution in [2.45, 2.75) is 19.4 Å². The van der Waals surface area contributed by atoms with Gasteiger partial charge in [0, 0.05) is 36.2 Å². The Bertz CT molecular complexity index is 715. The number of rotatable bonds is 6. The summed E-state index contributed by atoms with van der Waals surface area (Å²) in [6.07, 6.45) is 4.68. The molecular formula is C16H17ClN4O2. The third kappa shape index (κ3) is 3.71. The molecule has 2 heterocycles. The molecule has 3 rings (SSSR count). The van der Waals surface area contributed by atoms with Gasteiger partial charge in [-0.15, -0.1) is 0 Å². The Morgan fingerprint density at radius 1 is 1.39 bits per heavy atom. The fourth-order valence-corrected chi connectivity index (χ4v) is 2.82. The number of nitrogens with one attached hydrogen (secondary N) is 1. The van der Waals surface area contributed by atoms with Crippen molar-refractivity contribution in [2.24, 2.45) is 0 Å². The van der Waals surface area contributed by atoms with Gasteiger partial charge in [-0.25, -0.2) is 0 Å². The maximum Gasteiger partial charge on any atom is 0.240 e. The van der Waals surface area contributed by atoms with Crippen molar-refractivity contribution >= 4 is 29.1 Å². The average molecular weight is 333 g/mol. The molecule has 7 heteroatoms. The molecule has 1 aromatic carbocycles. The lowest BCUT2D eigenvalue weighted by Crippen LogP contribution is -2.39. The van der Waals surface area contributed by atoms with E-state index in [1.54, 1.807) is 24.4 Å². The number of aromatic nitrogens is 2. The number of carbonyl (C=O) groups excluding carboxylic acids is 2. The van der Waals surface area contributed by atoms with E-state index in [2.05, 4.69) is 10.4 Å². The van der Waals surface area contributed by atoms with Gasteiger partial charge in [0.1, 0.15) is 6.54 Å². The lowest BCUT2D eigenvalue weighted by molar-refractivity contribution is -0.123. The Labute approximate surface area is 139 Å². The van der Waals surface area contributed by atoms with E-state index in [0.717, 1.165) is 24.2 Å². The summed E-state index contributed by atoms with van der Waals surface area (Å²) in [4.78, 5) is 25.6. The normalized spacial score (nSPS) is 13.3. The van der Waals surface area contributed by atoms with Gasteiger partial charge in [0.2, 0.25) is 11.8 Å². The smallest absolute Gasteiger partial charge is 0.240 e. The monoisotopic (exact) mass is 332 g/mol. The summed E-state index contributed by atoms with van der Waals surface area (Å²) in [7, 11) is 0. The largest absolute Gasteiger partial charge is 0.354 e. The Hall–Kier alpha value is -2.34. The van der Waals surface area contributed by atoms with Crippen LogP contribution in [-0.2, 0) is 22.6 Å². The Kier molecular flexibility index (Phi) is 4.62. The molecule has 2 aromatic rings. The van der Waals surface area contributed by atoms with Crippen molar-refractivity contribution in [2.75, 3.05) is 18.0 Å². The maximum absolute atomic E-state index is 12.1. The quantitative estimate of drug-likeness (QED) is 0.818. The molecule has 2 amide bonds. The minimum absolute atomic E-state index is 0.0369. The summed E-state index contributed by atoms with van der Waals surface area (Å²) in [5, 5.41) is 7.53. The SMILES string of the molecule is O=C(CN1C(=O)Cc2cc(Cl)ccc21)NCCCn1cccn1. The van der Waals surface area contributed by atoms with Crippen molar-refractivity contribution in [3.63, 3.8) is 0 Å². The van der Waals surface area contributed by atoms with Crippen LogP contribution >= 0.6 is 11.6 Å². The number of aryl methyl sites for hydroxylation is 1. The summed E-state index contributed by atoms with van der Waals surface area (Å²) in [5.74, 6) is -0.240. The summed E-state index contributed by atoms with van der Waals surface area (Å²) in [5.41, 5.74) is 1.64. The maximum atomic E-state index is 12.1. The van der Waals surface area contributed by atoms with Crippen molar-refractivity contribution in [1.82, 2.24) is 15.1 Å². The Balaban J connectivity index is 1.49. The van der Waals surface area contributed by atoms with Gasteiger partial charge < -0.3 is 10.2 Å². The molecule has 0 spiro atoms. The minimum atomic E-state index is -0.165. The van der Waals surface area contributed by atoms with Crippen LogP contribution in [0.1, 0.15) is 12.0 Å². The Morgan fingerprint density at radius 3 is 3.04 bits per heavy atom. The van der Waals surface area contributed by atoms with E-state index in [0.29, 0.717) is 18.0 Å². The van der Waals surface area contributed by atoms with E-state index < -0.39 is 0 Å². The number of amides is 2. The topological polar surface area (TPSA) is 67.2 Å². The van der Waals surface area contributed by atoms with Crippen molar-refractivity contribution in [1.29, 1.82) is 0 Å².